The van der Waals surface area contributed by atoms with Crippen molar-refractivity contribution in [3.63, 3.8) is 0 Å². The van der Waals surface area contributed by atoms with Crippen LogP contribution in [0.1, 0.15) is 37.6 Å². The normalized spacial score (nSPS) is 20.9. The molecule has 3 rings (SSSR count). The number of hydrogen-bond donors (Lipinski definition) is 1. The van der Waals surface area contributed by atoms with Crippen molar-refractivity contribution < 1.29 is 19.5 Å². The van der Waals surface area contributed by atoms with Crippen molar-refractivity contribution in [1.29, 1.82) is 0 Å². The van der Waals surface area contributed by atoms with E-state index in [1.54, 1.807) is 26.8 Å². The third-order valence-corrected chi connectivity index (χ3v) is 5.26. The Morgan fingerprint density at radius 3 is 2.26 bits per heavy atom. The van der Waals surface area contributed by atoms with Gasteiger partial charge in [-0.05, 0) is 39.0 Å². The summed E-state index contributed by atoms with van der Waals surface area (Å²) in [6.07, 6.45) is 0.262. The molecule has 2 aliphatic rings. The topological polar surface area (TPSA) is 81.2 Å². The quantitative estimate of drug-likeness (QED) is 0.848. The number of nitrogens with zero attached hydrogens (tertiary/aromatic N) is 3. The number of hydrogen-bond acceptors (Lipinski definition) is 4. The minimum Gasteiger partial charge on any atom is -0.508 e. The number of rotatable bonds is 2. The number of carbonyl (C=O) groups excluding carboxylic acids is 3. The van der Waals surface area contributed by atoms with Gasteiger partial charge in [0.05, 0.1) is 5.92 Å². The van der Waals surface area contributed by atoms with Crippen LogP contribution in [-0.4, -0.2) is 75.8 Å². The van der Waals surface area contributed by atoms with Crippen molar-refractivity contribution in [2.24, 2.45) is 5.92 Å². The Morgan fingerprint density at radius 2 is 1.70 bits per heavy atom. The summed E-state index contributed by atoms with van der Waals surface area (Å²) in [5.74, 6) is -0.361. The Labute approximate surface area is 159 Å². The van der Waals surface area contributed by atoms with Crippen molar-refractivity contribution in [1.82, 2.24) is 14.7 Å². The molecule has 0 bridgehead atoms. The zero-order chi connectivity index (χ0) is 19.8. The second kappa shape index (κ2) is 7.21. The van der Waals surface area contributed by atoms with E-state index < -0.39 is 0 Å². The summed E-state index contributed by atoms with van der Waals surface area (Å²) < 4.78 is 0. The van der Waals surface area contributed by atoms with Gasteiger partial charge < -0.3 is 19.8 Å². The lowest BCUT2D eigenvalue weighted by molar-refractivity contribution is -0.137. The monoisotopic (exact) mass is 373 g/mol. The van der Waals surface area contributed by atoms with Crippen molar-refractivity contribution in [2.45, 2.75) is 32.7 Å². The molecular weight excluding hydrogens is 346 g/mol. The van der Waals surface area contributed by atoms with Crippen molar-refractivity contribution >= 4 is 17.7 Å². The van der Waals surface area contributed by atoms with E-state index in [0.717, 1.165) is 0 Å². The average Bonchev–Trinajstić information content (AvgIpc) is 3.03. The van der Waals surface area contributed by atoms with Gasteiger partial charge in [-0.1, -0.05) is 6.07 Å². The van der Waals surface area contributed by atoms with Gasteiger partial charge in [-0.25, -0.2) is 0 Å². The molecule has 0 saturated carbocycles. The number of carbonyl (C=O) groups is 3. The van der Waals surface area contributed by atoms with Crippen molar-refractivity contribution in [3.05, 3.63) is 29.8 Å². The molecule has 0 aliphatic carbocycles. The van der Waals surface area contributed by atoms with Gasteiger partial charge in [-0.2, -0.15) is 0 Å². The molecule has 1 N–H and O–H groups in total. The van der Waals surface area contributed by atoms with E-state index in [1.807, 2.05) is 20.8 Å². The van der Waals surface area contributed by atoms with Crippen LogP contribution in [0, 0.1) is 5.92 Å². The number of phenols is 1. The maximum atomic E-state index is 12.8. The van der Waals surface area contributed by atoms with E-state index in [2.05, 4.69) is 0 Å². The average molecular weight is 373 g/mol. The number of benzene rings is 1. The van der Waals surface area contributed by atoms with E-state index >= 15 is 0 Å². The van der Waals surface area contributed by atoms with E-state index in [-0.39, 0.29) is 41.3 Å². The summed E-state index contributed by atoms with van der Waals surface area (Å²) in [5.41, 5.74) is 0.162. The molecule has 3 amide bonds. The van der Waals surface area contributed by atoms with Gasteiger partial charge in [-0.15, -0.1) is 0 Å². The molecular formula is C20H27N3O4. The third-order valence-electron chi connectivity index (χ3n) is 5.26. The standard InChI is InChI=1S/C20H27N3O4/c1-20(2,3)23-13-15(12-17(23)25)19(27)22-9-7-21(8-10-22)18(26)14-5-4-6-16(24)11-14/h4-6,11,15,24H,7-10,12-13H2,1-3H3. The lowest BCUT2D eigenvalue weighted by atomic mass is 10.1. The van der Waals surface area contributed by atoms with Crippen LogP contribution in [0.3, 0.4) is 0 Å². The van der Waals surface area contributed by atoms with Gasteiger partial charge in [-0.3, -0.25) is 14.4 Å². The van der Waals surface area contributed by atoms with E-state index in [4.69, 9.17) is 0 Å². The SMILES string of the molecule is CC(C)(C)N1CC(C(=O)N2CCN(C(=O)c3cccc(O)c3)CC2)CC1=O. The molecule has 0 radical (unpaired) electrons. The predicted octanol–water partition coefficient (Wildman–Crippen LogP) is 1.32. The number of amides is 3. The second-order valence-corrected chi connectivity index (χ2v) is 8.24. The van der Waals surface area contributed by atoms with Gasteiger partial charge in [0.2, 0.25) is 11.8 Å². The van der Waals surface area contributed by atoms with Crippen LogP contribution in [0.4, 0.5) is 0 Å². The zero-order valence-electron chi connectivity index (χ0n) is 16.1. The Kier molecular flexibility index (Phi) is 5.13. The first-order valence-corrected chi connectivity index (χ1v) is 9.34. The first-order valence-electron chi connectivity index (χ1n) is 9.34. The van der Waals surface area contributed by atoms with Crippen LogP contribution < -0.4 is 0 Å². The predicted molar refractivity (Wildman–Crippen MR) is 100 cm³/mol. The smallest absolute Gasteiger partial charge is 0.254 e. The van der Waals surface area contributed by atoms with Gasteiger partial charge >= 0.3 is 0 Å². The molecule has 0 aromatic heterocycles. The molecule has 2 heterocycles. The van der Waals surface area contributed by atoms with Crippen molar-refractivity contribution in [3.8, 4) is 5.75 Å². The molecule has 1 aromatic rings. The fraction of sp³-hybridized carbons (Fsp3) is 0.550. The minimum absolute atomic E-state index is 0.000412. The lowest BCUT2D eigenvalue weighted by Crippen LogP contribution is -2.52. The molecule has 7 nitrogen and oxygen atoms in total. The largest absolute Gasteiger partial charge is 0.508 e. The van der Waals surface area contributed by atoms with Gasteiger partial charge in [0, 0.05) is 50.2 Å². The molecule has 1 atom stereocenters. The second-order valence-electron chi connectivity index (χ2n) is 8.24. The van der Waals surface area contributed by atoms with Crippen LogP contribution in [0.5, 0.6) is 5.75 Å². The summed E-state index contributed by atoms with van der Waals surface area (Å²) in [4.78, 5) is 42.8. The van der Waals surface area contributed by atoms with E-state index in [9.17, 15) is 19.5 Å². The van der Waals surface area contributed by atoms with Crippen molar-refractivity contribution in [2.75, 3.05) is 32.7 Å². The summed E-state index contributed by atoms with van der Waals surface area (Å²) >= 11 is 0. The number of piperazine rings is 1. The van der Waals surface area contributed by atoms with E-state index in [0.29, 0.717) is 38.3 Å². The molecule has 146 valence electrons. The summed E-state index contributed by atoms with van der Waals surface area (Å²) in [7, 11) is 0. The van der Waals surface area contributed by atoms with Gasteiger partial charge in [0.15, 0.2) is 0 Å². The maximum absolute atomic E-state index is 12.8. The first-order chi connectivity index (χ1) is 12.7. The Balaban J connectivity index is 1.57. The Bertz CT molecular complexity index is 748. The Hall–Kier alpha value is -2.57. The van der Waals surface area contributed by atoms with E-state index in [1.165, 1.54) is 12.1 Å². The highest BCUT2D eigenvalue weighted by Gasteiger charge is 2.41. The maximum Gasteiger partial charge on any atom is 0.254 e. The number of phenolic OH excluding ortho intramolecular Hbond substituents is 1. The molecule has 1 aromatic carbocycles. The van der Waals surface area contributed by atoms with Crippen LogP contribution in [0.2, 0.25) is 0 Å². The molecule has 2 fully saturated rings. The highest BCUT2D eigenvalue weighted by Crippen LogP contribution is 2.27. The number of aromatic hydroxyl groups is 1. The first kappa shape index (κ1) is 19.2. The minimum atomic E-state index is -0.301. The number of likely N-dealkylation sites (tertiary alicyclic amines) is 1. The molecule has 7 heteroatoms. The summed E-state index contributed by atoms with van der Waals surface area (Å²) in [5, 5.41) is 9.54. The van der Waals surface area contributed by atoms with Crippen LogP contribution in [0.15, 0.2) is 24.3 Å². The molecule has 0 spiro atoms. The lowest BCUT2D eigenvalue weighted by Gasteiger charge is -2.36. The zero-order valence-corrected chi connectivity index (χ0v) is 16.1. The molecule has 1 unspecified atom stereocenters. The highest BCUT2D eigenvalue weighted by atomic mass is 16.3. The van der Waals surface area contributed by atoms with Crippen LogP contribution in [-0.2, 0) is 9.59 Å². The van der Waals surface area contributed by atoms with Crippen LogP contribution >= 0.6 is 0 Å². The molecule has 2 saturated heterocycles. The highest BCUT2D eigenvalue weighted by molar-refractivity contribution is 5.95. The fourth-order valence-electron chi connectivity index (χ4n) is 3.73. The molecule has 27 heavy (non-hydrogen) atoms. The third kappa shape index (κ3) is 4.07. The summed E-state index contributed by atoms with van der Waals surface area (Å²) in [6, 6.07) is 6.29. The Morgan fingerprint density at radius 1 is 1.07 bits per heavy atom. The molecule has 2 aliphatic heterocycles. The van der Waals surface area contributed by atoms with Gasteiger partial charge in [0.1, 0.15) is 5.75 Å². The fourth-order valence-corrected chi connectivity index (χ4v) is 3.73. The summed E-state index contributed by atoms with van der Waals surface area (Å²) in [6.45, 7) is 8.21. The van der Waals surface area contributed by atoms with Crippen LogP contribution in [0.25, 0.3) is 0 Å². The van der Waals surface area contributed by atoms with Gasteiger partial charge in [0.25, 0.3) is 5.91 Å².